The maximum atomic E-state index is 5.65. The molecule has 0 spiro atoms. The molecule has 0 aromatic rings. The summed E-state index contributed by atoms with van der Waals surface area (Å²) in [5, 5.41) is 13.6. The van der Waals surface area contributed by atoms with Gasteiger partial charge in [0.15, 0.2) is 0 Å². The minimum absolute atomic E-state index is 0.618. The van der Waals surface area contributed by atoms with E-state index < -0.39 is 0 Å². The Morgan fingerprint density at radius 1 is 0.333 bits per heavy atom. The Morgan fingerprint density at radius 2 is 0.567 bits per heavy atom. The fourth-order valence-electron chi connectivity index (χ4n) is 4.10. The van der Waals surface area contributed by atoms with E-state index in [4.69, 9.17) is 9.47 Å². The second-order valence-corrected chi connectivity index (χ2v) is 8.35. The number of piperazine rings is 2. The van der Waals surface area contributed by atoms with Crippen molar-refractivity contribution in [1.29, 1.82) is 0 Å². The van der Waals surface area contributed by atoms with Gasteiger partial charge in [0.2, 0.25) is 0 Å². The molecule has 0 unspecified atom stereocenters. The summed E-state index contributed by atoms with van der Waals surface area (Å²) in [6.07, 6.45) is 0. The first-order valence-electron chi connectivity index (χ1n) is 11.8. The predicted molar refractivity (Wildman–Crippen MR) is 119 cm³/mol. The zero-order valence-electron chi connectivity index (χ0n) is 18.7. The molecular weight excluding hydrogens is 384 g/mol. The van der Waals surface area contributed by atoms with Crippen LogP contribution < -0.4 is 21.3 Å². The molecule has 6 saturated heterocycles. The van der Waals surface area contributed by atoms with E-state index in [9.17, 15) is 0 Å². The van der Waals surface area contributed by atoms with E-state index in [1.807, 2.05) is 0 Å². The van der Waals surface area contributed by atoms with Gasteiger partial charge in [-0.25, -0.2) is 0 Å². The van der Waals surface area contributed by atoms with Gasteiger partial charge in [0.25, 0.3) is 0 Å². The minimum atomic E-state index is 0.618. The van der Waals surface area contributed by atoms with E-state index in [-0.39, 0.29) is 0 Å². The summed E-state index contributed by atoms with van der Waals surface area (Å²) in [5.74, 6) is 0. The van der Waals surface area contributed by atoms with Crippen molar-refractivity contribution in [2.24, 2.45) is 0 Å². The average Bonchev–Trinajstić information content (AvgIpc) is 2.78. The smallest absolute Gasteiger partial charge is 0.0983 e. The quantitative estimate of drug-likeness (QED) is 0.331. The van der Waals surface area contributed by atoms with Crippen molar-refractivity contribution in [2.45, 2.75) is 0 Å². The van der Waals surface area contributed by atoms with Crippen molar-refractivity contribution in [3.05, 3.63) is 0 Å². The van der Waals surface area contributed by atoms with E-state index in [0.717, 1.165) is 105 Å². The molecule has 6 heterocycles. The highest BCUT2D eigenvalue weighted by molar-refractivity contribution is 4.74. The van der Waals surface area contributed by atoms with Gasteiger partial charge in [0, 0.05) is 105 Å². The summed E-state index contributed by atoms with van der Waals surface area (Å²) >= 11 is 0. The first-order chi connectivity index (χ1) is 14.9. The molecule has 0 aromatic carbocycles. The van der Waals surface area contributed by atoms with E-state index in [1.165, 1.54) is 0 Å². The summed E-state index contributed by atoms with van der Waals surface area (Å²) < 4.78 is 11.3. The molecule has 0 amide bonds. The highest BCUT2D eigenvalue weighted by atomic mass is 16.5. The lowest BCUT2D eigenvalue weighted by atomic mass is 10.3. The van der Waals surface area contributed by atoms with Gasteiger partial charge in [-0.2, -0.15) is 0 Å². The molecule has 10 nitrogen and oxygen atoms in total. The molecule has 6 fully saturated rings. The number of nitrogens with one attached hydrogen (secondary N) is 4. The van der Waals surface area contributed by atoms with Gasteiger partial charge in [-0.3, -0.25) is 40.9 Å². The molecule has 176 valence electrons. The summed E-state index contributed by atoms with van der Waals surface area (Å²) in [5.41, 5.74) is 0. The first kappa shape index (κ1) is 24.2. The lowest BCUT2D eigenvalue weighted by molar-refractivity contribution is 0.0797. The van der Waals surface area contributed by atoms with Crippen molar-refractivity contribution >= 4 is 0 Å². The van der Waals surface area contributed by atoms with Crippen molar-refractivity contribution in [3.8, 4) is 0 Å². The molecule has 4 N–H and O–H groups in total. The Balaban J connectivity index is 1.31. The SMILES string of the molecule is C1CN2CCN(CCNCOCNCCN3CCN(CCNCOCN1)CC3)CC2. The van der Waals surface area contributed by atoms with Crippen molar-refractivity contribution in [1.82, 2.24) is 40.9 Å². The summed E-state index contributed by atoms with van der Waals surface area (Å²) in [6.45, 7) is 20.0. The van der Waals surface area contributed by atoms with Crippen LogP contribution in [0.2, 0.25) is 0 Å². The molecule has 0 radical (unpaired) electrons. The van der Waals surface area contributed by atoms with Gasteiger partial charge < -0.3 is 9.47 Å². The maximum absolute atomic E-state index is 5.65. The normalized spacial score (nSPS) is 35.2. The van der Waals surface area contributed by atoms with Crippen LogP contribution in [0.4, 0.5) is 0 Å². The third kappa shape index (κ3) is 10.3. The van der Waals surface area contributed by atoms with Crippen LogP contribution in [-0.2, 0) is 9.47 Å². The Labute approximate surface area is 182 Å². The summed E-state index contributed by atoms with van der Waals surface area (Å²) in [6, 6.07) is 0. The van der Waals surface area contributed by atoms with Crippen molar-refractivity contribution in [3.63, 3.8) is 0 Å². The summed E-state index contributed by atoms with van der Waals surface area (Å²) in [7, 11) is 0. The lowest BCUT2D eigenvalue weighted by Gasteiger charge is -2.35. The topological polar surface area (TPSA) is 79.5 Å². The molecule has 0 saturated carbocycles. The van der Waals surface area contributed by atoms with Crippen LogP contribution in [0, 0.1) is 0 Å². The number of ether oxygens (including phenoxy) is 2. The first-order valence-corrected chi connectivity index (χ1v) is 11.8. The monoisotopic (exact) mass is 428 g/mol. The molecular formula is C20H44N8O2. The van der Waals surface area contributed by atoms with Gasteiger partial charge in [-0.1, -0.05) is 0 Å². The Morgan fingerprint density at radius 3 is 0.800 bits per heavy atom. The zero-order chi connectivity index (χ0) is 20.7. The Kier molecular flexibility index (Phi) is 12.5. The maximum Gasteiger partial charge on any atom is 0.0983 e. The predicted octanol–water partition coefficient (Wildman–Crippen LogP) is -2.54. The van der Waals surface area contributed by atoms with E-state index in [0.29, 0.717) is 26.9 Å². The van der Waals surface area contributed by atoms with Crippen LogP contribution in [0.3, 0.4) is 0 Å². The van der Waals surface area contributed by atoms with E-state index in [2.05, 4.69) is 40.9 Å². The standard InChI is InChI=1S/C20H44N8O2/c1-5-25-9-11-26(12-10-25)6-3-23-19-30-20-24-4-8-28-15-13-27(14-16-28)7-2-22-18-29-17-21-1/h21-24H,1-20H2. The third-order valence-corrected chi connectivity index (χ3v) is 6.17. The largest absolute Gasteiger partial charge is 0.351 e. The molecule has 0 aliphatic carbocycles. The van der Waals surface area contributed by atoms with Gasteiger partial charge in [-0.15, -0.1) is 0 Å². The van der Waals surface area contributed by atoms with Gasteiger partial charge >= 0.3 is 0 Å². The Bertz CT molecular complexity index is 344. The molecule has 0 aromatic heterocycles. The zero-order valence-corrected chi connectivity index (χ0v) is 18.7. The van der Waals surface area contributed by atoms with Gasteiger partial charge in [0.1, 0.15) is 0 Å². The second kappa shape index (κ2) is 15.4. The van der Waals surface area contributed by atoms with E-state index >= 15 is 0 Å². The number of hydrogen-bond donors (Lipinski definition) is 4. The molecule has 30 heavy (non-hydrogen) atoms. The minimum Gasteiger partial charge on any atom is -0.351 e. The third-order valence-electron chi connectivity index (χ3n) is 6.17. The molecule has 6 aliphatic rings. The number of nitrogens with zero attached hydrogens (tertiary/aromatic N) is 4. The molecule has 10 heteroatoms. The van der Waals surface area contributed by atoms with Crippen LogP contribution in [0.15, 0.2) is 0 Å². The lowest BCUT2D eigenvalue weighted by Crippen LogP contribution is -2.50. The molecule has 4 bridgehead atoms. The molecule has 6 aliphatic heterocycles. The highest BCUT2D eigenvalue weighted by Crippen LogP contribution is 2.01. The van der Waals surface area contributed by atoms with Crippen LogP contribution in [0.1, 0.15) is 0 Å². The Hall–Kier alpha value is -0.400. The molecule has 6 rings (SSSR count). The number of rotatable bonds is 0. The van der Waals surface area contributed by atoms with Crippen LogP contribution in [0.5, 0.6) is 0 Å². The summed E-state index contributed by atoms with van der Waals surface area (Å²) in [4.78, 5) is 10.1. The van der Waals surface area contributed by atoms with Crippen molar-refractivity contribution in [2.75, 3.05) is 132 Å². The van der Waals surface area contributed by atoms with Gasteiger partial charge in [0.05, 0.1) is 26.9 Å². The fraction of sp³-hybridized carbons (Fsp3) is 1.00. The van der Waals surface area contributed by atoms with Gasteiger partial charge in [-0.05, 0) is 0 Å². The van der Waals surface area contributed by atoms with Crippen molar-refractivity contribution < 1.29 is 9.47 Å². The van der Waals surface area contributed by atoms with Crippen LogP contribution in [0.25, 0.3) is 0 Å². The molecule has 0 atom stereocenters. The fourth-order valence-corrected chi connectivity index (χ4v) is 4.10. The van der Waals surface area contributed by atoms with E-state index in [1.54, 1.807) is 0 Å². The number of hydrogen-bond acceptors (Lipinski definition) is 10. The second-order valence-electron chi connectivity index (χ2n) is 8.35. The highest BCUT2D eigenvalue weighted by Gasteiger charge is 2.16. The average molecular weight is 429 g/mol. The van der Waals surface area contributed by atoms with Crippen LogP contribution >= 0.6 is 0 Å². The van der Waals surface area contributed by atoms with Crippen LogP contribution in [-0.4, -0.2) is 151 Å².